The van der Waals surface area contributed by atoms with Gasteiger partial charge in [-0.2, -0.15) is 13.2 Å². The van der Waals surface area contributed by atoms with Gasteiger partial charge in [0.05, 0.1) is 23.6 Å². The van der Waals surface area contributed by atoms with Crippen molar-refractivity contribution in [3.05, 3.63) is 47.9 Å². The van der Waals surface area contributed by atoms with E-state index < -0.39 is 11.9 Å². The van der Waals surface area contributed by atoms with E-state index in [1.807, 2.05) is 24.3 Å². The predicted molar refractivity (Wildman–Crippen MR) is 110 cm³/mol. The molecule has 2 aromatic heterocycles. The molecule has 4 heterocycles. The molecule has 0 radical (unpaired) electrons. The van der Waals surface area contributed by atoms with E-state index in [1.54, 1.807) is 0 Å². The van der Waals surface area contributed by atoms with Gasteiger partial charge in [-0.1, -0.05) is 18.2 Å². The lowest BCUT2D eigenvalue weighted by molar-refractivity contribution is -0.148. The number of ether oxygens (including phenoxy) is 1. The van der Waals surface area contributed by atoms with Crippen molar-refractivity contribution in [1.29, 1.82) is 0 Å². The number of anilines is 1. The molecule has 3 aliphatic rings. The zero-order valence-electron chi connectivity index (χ0n) is 17.1. The third-order valence-corrected chi connectivity index (χ3v) is 6.96. The number of likely N-dealkylation sites (tertiary alicyclic amines) is 1. The van der Waals surface area contributed by atoms with Crippen LogP contribution in [0.15, 0.2) is 36.7 Å². The zero-order valence-corrected chi connectivity index (χ0v) is 17.1. The first kappa shape index (κ1) is 19.8. The van der Waals surface area contributed by atoms with Crippen LogP contribution in [0.5, 0.6) is 5.75 Å². The van der Waals surface area contributed by atoms with Gasteiger partial charge in [0.2, 0.25) is 0 Å². The summed E-state index contributed by atoms with van der Waals surface area (Å²) in [5.41, 5.74) is 0.411. The first-order chi connectivity index (χ1) is 15.3. The molecular formula is C22H22F3N5O2. The van der Waals surface area contributed by atoms with Crippen LogP contribution in [-0.4, -0.2) is 56.8 Å². The van der Waals surface area contributed by atoms with Gasteiger partial charge in [0.1, 0.15) is 35.8 Å². The third-order valence-electron chi connectivity index (χ3n) is 6.96. The number of hydrogen-bond donors (Lipinski definition) is 3. The lowest BCUT2D eigenvalue weighted by Crippen LogP contribution is -2.68. The highest BCUT2D eigenvalue weighted by molar-refractivity contribution is 5.88. The lowest BCUT2D eigenvalue weighted by atomic mass is 9.61. The van der Waals surface area contributed by atoms with Crippen LogP contribution in [0.4, 0.5) is 19.0 Å². The van der Waals surface area contributed by atoms with Crippen molar-refractivity contribution in [3.63, 3.8) is 0 Å². The van der Waals surface area contributed by atoms with Crippen molar-refractivity contribution in [1.82, 2.24) is 19.9 Å². The number of halogens is 3. The van der Waals surface area contributed by atoms with Crippen molar-refractivity contribution in [2.24, 2.45) is 5.41 Å². The fourth-order valence-corrected chi connectivity index (χ4v) is 5.44. The molecule has 6 rings (SSSR count). The smallest absolute Gasteiger partial charge is 0.431 e. The van der Waals surface area contributed by atoms with Crippen molar-refractivity contribution in [3.8, 4) is 5.75 Å². The van der Waals surface area contributed by atoms with Crippen LogP contribution in [0.1, 0.15) is 30.1 Å². The number of alkyl halides is 3. The van der Waals surface area contributed by atoms with Gasteiger partial charge in [0.25, 0.3) is 0 Å². The Kier molecular flexibility index (Phi) is 4.22. The number of hydrogen-bond acceptors (Lipinski definition) is 6. The summed E-state index contributed by atoms with van der Waals surface area (Å²) in [6.45, 7) is 2.21. The Bertz CT molecular complexity index is 1170. The molecule has 3 N–H and O–H groups in total. The fraction of sp³-hybridized carbons (Fsp3) is 0.455. The highest BCUT2D eigenvalue weighted by Gasteiger charge is 2.55. The van der Waals surface area contributed by atoms with Gasteiger partial charge in [-0.3, -0.25) is 4.90 Å². The number of aromatic nitrogens is 3. The number of rotatable bonds is 3. The number of fused-ring (bicyclic) bond motifs is 2. The van der Waals surface area contributed by atoms with Crippen LogP contribution in [0, 0.1) is 5.41 Å². The minimum atomic E-state index is -4.49. The SMILES string of the molecule is OC1CC2(C1)CN([C@H]1COc3ccccc3[C@@H]1Nc1ncnc3[nH]c(C(F)(F)F)cc13)C2. The molecule has 1 saturated heterocycles. The molecule has 2 aliphatic heterocycles. The van der Waals surface area contributed by atoms with E-state index in [0.29, 0.717) is 17.8 Å². The summed E-state index contributed by atoms with van der Waals surface area (Å²) >= 11 is 0. The molecule has 1 saturated carbocycles. The van der Waals surface area contributed by atoms with Crippen molar-refractivity contribution < 1.29 is 23.0 Å². The Morgan fingerprint density at radius 2 is 1.97 bits per heavy atom. The Labute approximate surface area is 181 Å². The molecule has 0 amide bonds. The number of para-hydroxylation sites is 1. The van der Waals surface area contributed by atoms with E-state index in [4.69, 9.17) is 4.74 Å². The van der Waals surface area contributed by atoms with Crippen LogP contribution in [0.2, 0.25) is 0 Å². The average molecular weight is 445 g/mol. The second kappa shape index (κ2) is 6.82. The number of nitrogens with zero attached hydrogens (tertiary/aromatic N) is 3. The van der Waals surface area contributed by atoms with Crippen molar-refractivity contribution in [2.75, 3.05) is 25.0 Å². The molecule has 0 bridgehead atoms. The Morgan fingerprint density at radius 1 is 1.19 bits per heavy atom. The van der Waals surface area contributed by atoms with Crippen molar-refractivity contribution in [2.45, 2.75) is 37.2 Å². The van der Waals surface area contributed by atoms with Gasteiger partial charge in [-0.25, -0.2) is 9.97 Å². The molecule has 2 fully saturated rings. The Balaban J connectivity index is 1.34. The summed E-state index contributed by atoms with van der Waals surface area (Å²) < 4.78 is 45.7. The number of H-pyrrole nitrogens is 1. The monoisotopic (exact) mass is 445 g/mol. The third kappa shape index (κ3) is 3.12. The predicted octanol–water partition coefficient (Wildman–Crippen LogP) is 3.35. The number of aromatic amines is 1. The number of aliphatic hydroxyl groups excluding tert-OH is 1. The normalized spacial score (nSPS) is 25.1. The van der Waals surface area contributed by atoms with E-state index in [-0.39, 0.29) is 29.2 Å². The summed E-state index contributed by atoms with van der Waals surface area (Å²) in [5.74, 6) is 1.11. The highest BCUT2D eigenvalue weighted by atomic mass is 19.4. The Hall–Kier alpha value is -2.85. The quantitative estimate of drug-likeness (QED) is 0.573. The molecule has 32 heavy (non-hydrogen) atoms. The minimum Gasteiger partial charge on any atom is -0.491 e. The number of aliphatic hydroxyl groups is 1. The Morgan fingerprint density at radius 3 is 2.72 bits per heavy atom. The topological polar surface area (TPSA) is 86.3 Å². The van der Waals surface area contributed by atoms with Gasteiger partial charge < -0.3 is 20.1 Å². The summed E-state index contributed by atoms with van der Waals surface area (Å²) in [4.78, 5) is 12.9. The van der Waals surface area contributed by atoms with E-state index in [9.17, 15) is 18.3 Å². The number of benzene rings is 1. The summed E-state index contributed by atoms with van der Waals surface area (Å²) in [5, 5.41) is 13.4. The van der Waals surface area contributed by atoms with E-state index in [2.05, 4.69) is 25.2 Å². The van der Waals surface area contributed by atoms with Gasteiger partial charge >= 0.3 is 6.18 Å². The van der Waals surface area contributed by atoms with Gasteiger partial charge in [-0.15, -0.1) is 0 Å². The van der Waals surface area contributed by atoms with E-state index >= 15 is 0 Å². The second-order valence-electron chi connectivity index (χ2n) is 9.17. The number of nitrogens with one attached hydrogen (secondary N) is 2. The zero-order chi connectivity index (χ0) is 22.1. The summed E-state index contributed by atoms with van der Waals surface area (Å²) in [6, 6.07) is 8.50. The minimum absolute atomic E-state index is 0.0145. The van der Waals surface area contributed by atoms with Crippen molar-refractivity contribution >= 4 is 16.9 Å². The molecule has 2 atom stereocenters. The molecule has 1 spiro atoms. The van der Waals surface area contributed by atoms with Crippen LogP contribution >= 0.6 is 0 Å². The average Bonchev–Trinajstić information content (AvgIpc) is 3.16. The maximum atomic E-state index is 13.2. The van der Waals surface area contributed by atoms with Crippen LogP contribution in [-0.2, 0) is 6.18 Å². The van der Waals surface area contributed by atoms with Gasteiger partial charge in [0, 0.05) is 24.1 Å². The molecule has 7 nitrogen and oxygen atoms in total. The molecule has 1 aromatic carbocycles. The second-order valence-corrected chi connectivity index (χ2v) is 9.17. The first-order valence-electron chi connectivity index (χ1n) is 10.6. The maximum absolute atomic E-state index is 13.2. The lowest BCUT2D eigenvalue weighted by Gasteiger charge is -2.61. The maximum Gasteiger partial charge on any atom is 0.431 e. The highest BCUT2D eigenvalue weighted by Crippen LogP contribution is 2.51. The summed E-state index contributed by atoms with van der Waals surface area (Å²) in [7, 11) is 0. The van der Waals surface area contributed by atoms with Gasteiger partial charge in [-0.05, 0) is 25.0 Å². The standard InChI is InChI=1S/C22H22F3N5O2/c23-22(24,25)17-5-14-19(28-17)26-11-27-20(14)29-18-13-3-1-2-4-16(13)32-8-15(18)30-9-21(10-30)6-12(31)7-21/h1-5,11-12,15,18,31H,6-10H2,(H2,26,27,28,29)/t15-,18-/m0/s1. The molecule has 3 aromatic rings. The van der Waals surface area contributed by atoms with E-state index in [1.165, 1.54) is 6.33 Å². The van der Waals surface area contributed by atoms with Gasteiger partial charge in [0.15, 0.2) is 0 Å². The van der Waals surface area contributed by atoms with E-state index in [0.717, 1.165) is 43.3 Å². The molecule has 168 valence electrons. The molecule has 10 heteroatoms. The molecule has 0 unspecified atom stereocenters. The largest absolute Gasteiger partial charge is 0.491 e. The molecular weight excluding hydrogens is 423 g/mol. The summed E-state index contributed by atoms with van der Waals surface area (Å²) in [6.07, 6.45) is -1.80. The van der Waals surface area contributed by atoms with Crippen LogP contribution in [0.3, 0.4) is 0 Å². The van der Waals surface area contributed by atoms with Crippen LogP contribution in [0.25, 0.3) is 11.0 Å². The first-order valence-corrected chi connectivity index (χ1v) is 10.6. The van der Waals surface area contributed by atoms with Crippen LogP contribution < -0.4 is 10.1 Å². The molecule has 1 aliphatic carbocycles. The fourth-order valence-electron chi connectivity index (χ4n) is 5.44.